The molecular weight excluding hydrogens is 388 g/mol. The van der Waals surface area contributed by atoms with Crippen LogP contribution in [-0.4, -0.2) is 35.4 Å². The van der Waals surface area contributed by atoms with Crippen LogP contribution in [0.3, 0.4) is 0 Å². The van der Waals surface area contributed by atoms with Crippen molar-refractivity contribution in [1.29, 1.82) is 0 Å². The first-order valence-electron chi connectivity index (χ1n) is 10.7. The number of carbonyl (C=O) groups is 1. The molecule has 1 aliphatic rings. The average molecular weight is 417 g/mol. The summed E-state index contributed by atoms with van der Waals surface area (Å²) in [5, 5.41) is 6.33. The number of pyridine rings is 1. The minimum Gasteiger partial charge on any atom is -0.381 e. The van der Waals surface area contributed by atoms with Crippen LogP contribution in [0.2, 0.25) is 0 Å². The molecule has 6 heteroatoms. The maximum absolute atomic E-state index is 12.3. The first-order valence-corrected chi connectivity index (χ1v) is 10.7. The largest absolute Gasteiger partial charge is 0.381 e. The minimum atomic E-state index is -0.102. The van der Waals surface area contributed by atoms with Crippen LogP contribution in [0.25, 0.3) is 11.1 Å². The number of aromatic amines is 1. The highest BCUT2D eigenvalue weighted by atomic mass is 16.2. The van der Waals surface area contributed by atoms with E-state index in [1.807, 2.05) is 61.5 Å². The van der Waals surface area contributed by atoms with Gasteiger partial charge in [0.25, 0.3) is 5.56 Å². The van der Waals surface area contributed by atoms with E-state index in [0.29, 0.717) is 18.7 Å². The summed E-state index contributed by atoms with van der Waals surface area (Å²) in [5.41, 5.74) is 5.30. The number of nitrogens with one attached hydrogen (secondary N) is 3. The molecule has 3 N–H and O–H groups in total. The fourth-order valence-corrected chi connectivity index (χ4v) is 3.90. The highest BCUT2D eigenvalue weighted by molar-refractivity contribution is 5.93. The molecule has 160 valence electrons. The molecule has 3 aromatic rings. The van der Waals surface area contributed by atoms with Crippen LogP contribution in [0.5, 0.6) is 0 Å². The van der Waals surface area contributed by atoms with E-state index in [-0.39, 0.29) is 11.5 Å². The van der Waals surface area contributed by atoms with Gasteiger partial charge < -0.3 is 15.6 Å². The minimum absolute atomic E-state index is 0.0231. The third kappa shape index (κ3) is 5.41. The summed E-state index contributed by atoms with van der Waals surface area (Å²) < 4.78 is 0. The second kappa shape index (κ2) is 9.62. The quantitative estimate of drug-likeness (QED) is 0.544. The number of amides is 1. The van der Waals surface area contributed by atoms with Gasteiger partial charge in [-0.15, -0.1) is 0 Å². The molecule has 0 saturated carbocycles. The van der Waals surface area contributed by atoms with Gasteiger partial charge in [-0.1, -0.05) is 30.3 Å². The normalized spacial score (nSPS) is 13.8. The molecule has 1 aliphatic heterocycles. The highest BCUT2D eigenvalue weighted by Gasteiger charge is 2.15. The fourth-order valence-electron chi connectivity index (χ4n) is 3.90. The topological polar surface area (TPSA) is 77.2 Å². The standard InChI is InChI=1S/C25H28N4O2/c1-18-13-22(9-10-23(18)28-24(30)17-29-11-5-6-12-29)26-16-21-14-20(15-27-25(21)31)19-7-3-2-4-8-19/h2-4,7-10,13-15,26H,5-6,11-12,16-17H2,1H3,(H,27,31)(H,28,30). The van der Waals surface area contributed by atoms with Crippen molar-refractivity contribution in [3.63, 3.8) is 0 Å². The second-order valence-corrected chi connectivity index (χ2v) is 8.02. The number of benzene rings is 2. The second-order valence-electron chi connectivity index (χ2n) is 8.02. The fraction of sp³-hybridized carbons (Fsp3) is 0.280. The molecule has 2 heterocycles. The van der Waals surface area contributed by atoms with Gasteiger partial charge in [0.2, 0.25) is 5.91 Å². The van der Waals surface area contributed by atoms with Crippen molar-refractivity contribution >= 4 is 17.3 Å². The van der Waals surface area contributed by atoms with Gasteiger partial charge in [-0.25, -0.2) is 0 Å². The summed E-state index contributed by atoms with van der Waals surface area (Å²) in [7, 11) is 0. The summed E-state index contributed by atoms with van der Waals surface area (Å²) >= 11 is 0. The van der Waals surface area contributed by atoms with Crippen LogP contribution in [-0.2, 0) is 11.3 Å². The molecule has 0 bridgehead atoms. The number of hydrogen-bond donors (Lipinski definition) is 3. The number of likely N-dealkylation sites (tertiary alicyclic amines) is 1. The zero-order chi connectivity index (χ0) is 21.6. The molecule has 1 saturated heterocycles. The molecule has 0 atom stereocenters. The van der Waals surface area contributed by atoms with E-state index in [1.54, 1.807) is 6.20 Å². The third-order valence-electron chi connectivity index (χ3n) is 5.64. The molecule has 1 aromatic heterocycles. The van der Waals surface area contributed by atoms with Gasteiger partial charge in [-0.3, -0.25) is 14.5 Å². The third-order valence-corrected chi connectivity index (χ3v) is 5.64. The van der Waals surface area contributed by atoms with Gasteiger partial charge in [-0.2, -0.15) is 0 Å². The molecule has 0 spiro atoms. The number of aromatic nitrogens is 1. The number of H-pyrrole nitrogens is 1. The molecule has 6 nitrogen and oxygen atoms in total. The predicted octanol–water partition coefficient (Wildman–Crippen LogP) is 4.00. The zero-order valence-electron chi connectivity index (χ0n) is 17.8. The summed E-state index contributed by atoms with van der Waals surface area (Å²) in [6.07, 6.45) is 4.08. The van der Waals surface area contributed by atoms with E-state index in [1.165, 1.54) is 12.8 Å². The lowest BCUT2D eigenvalue weighted by atomic mass is 10.1. The number of aryl methyl sites for hydroxylation is 1. The van der Waals surface area contributed by atoms with Gasteiger partial charge in [0.1, 0.15) is 0 Å². The molecular formula is C25H28N4O2. The van der Waals surface area contributed by atoms with Crippen molar-refractivity contribution in [2.24, 2.45) is 0 Å². The first kappa shape index (κ1) is 20.9. The Labute approximate surface area is 182 Å². The number of rotatable bonds is 7. The van der Waals surface area contributed by atoms with Crippen LogP contribution in [0.1, 0.15) is 24.0 Å². The Balaban J connectivity index is 1.39. The number of nitrogens with zero attached hydrogens (tertiary/aromatic N) is 1. The van der Waals surface area contributed by atoms with E-state index in [9.17, 15) is 9.59 Å². The van der Waals surface area contributed by atoms with Crippen LogP contribution in [0.15, 0.2) is 65.6 Å². The molecule has 1 fully saturated rings. The maximum atomic E-state index is 12.3. The number of anilines is 2. The van der Waals surface area contributed by atoms with Gasteiger partial charge in [0.15, 0.2) is 0 Å². The van der Waals surface area contributed by atoms with Gasteiger partial charge in [0, 0.05) is 29.7 Å². The predicted molar refractivity (Wildman–Crippen MR) is 125 cm³/mol. The van der Waals surface area contributed by atoms with E-state index < -0.39 is 0 Å². The van der Waals surface area contributed by atoms with Crippen LogP contribution < -0.4 is 16.2 Å². The molecule has 0 unspecified atom stereocenters. The number of hydrogen-bond acceptors (Lipinski definition) is 4. The Morgan fingerprint density at radius 2 is 1.81 bits per heavy atom. The molecule has 2 aromatic carbocycles. The van der Waals surface area contributed by atoms with Crippen molar-refractivity contribution in [1.82, 2.24) is 9.88 Å². The first-order chi connectivity index (χ1) is 15.1. The summed E-state index contributed by atoms with van der Waals surface area (Å²) in [5.74, 6) is 0.0231. The lowest BCUT2D eigenvalue weighted by Crippen LogP contribution is -2.31. The smallest absolute Gasteiger partial charge is 0.252 e. The Hall–Kier alpha value is -3.38. The monoisotopic (exact) mass is 416 g/mol. The Morgan fingerprint density at radius 1 is 1.03 bits per heavy atom. The summed E-state index contributed by atoms with van der Waals surface area (Å²) in [4.78, 5) is 29.6. The molecule has 0 aliphatic carbocycles. The van der Waals surface area contributed by atoms with Gasteiger partial charge in [-0.05, 0) is 73.8 Å². The van der Waals surface area contributed by atoms with Gasteiger partial charge >= 0.3 is 0 Å². The molecule has 31 heavy (non-hydrogen) atoms. The van der Waals surface area contributed by atoms with Gasteiger partial charge in [0.05, 0.1) is 6.54 Å². The summed E-state index contributed by atoms with van der Waals surface area (Å²) in [6.45, 7) is 4.83. The van der Waals surface area contributed by atoms with E-state index in [2.05, 4.69) is 20.5 Å². The van der Waals surface area contributed by atoms with Crippen molar-refractivity contribution in [3.05, 3.63) is 82.3 Å². The van der Waals surface area contributed by atoms with E-state index in [0.717, 1.165) is 41.2 Å². The average Bonchev–Trinajstić information content (AvgIpc) is 3.28. The SMILES string of the molecule is Cc1cc(NCc2cc(-c3ccccc3)c[nH]c2=O)ccc1NC(=O)CN1CCCC1. The molecule has 4 rings (SSSR count). The van der Waals surface area contributed by atoms with Crippen molar-refractivity contribution in [2.75, 3.05) is 30.3 Å². The number of carbonyl (C=O) groups excluding carboxylic acids is 1. The van der Waals surface area contributed by atoms with Crippen LogP contribution in [0, 0.1) is 6.92 Å². The highest BCUT2D eigenvalue weighted by Crippen LogP contribution is 2.21. The lowest BCUT2D eigenvalue weighted by Gasteiger charge is -2.16. The Morgan fingerprint density at radius 3 is 2.55 bits per heavy atom. The Kier molecular flexibility index (Phi) is 6.48. The maximum Gasteiger partial charge on any atom is 0.252 e. The van der Waals surface area contributed by atoms with E-state index in [4.69, 9.17) is 0 Å². The molecule has 0 radical (unpaired) electrons. The zero-order valence-corrected chi connectivity index (χ0v) is 17.8. The van der Waals surface area contributed by atoms with Crippen molar-refractivity contribution in [3.8, 4) is 11.1 Å². The van der Waals surface area contributed by atoms with Crippen molar-refractivity contribution < 1.29 is 4.79 Å². The molecule has 1 amide bonds. The van der Waals surface area contributed by atoms with Crippen LogP contribution in [0.4, 0.5) is 11.4 Å². The lowest BCUT2D eigenvalue weighted by molar-refractivity contribution is -0.117. The summed E-state index contributed by atoms with van der Waals surface area (Å²) in [6, 6.07) is 17.7. The van der Waals surface area contributed by atoms with Crippen molar-refractivity contribution in [2.45, 2.75) is 26.3 Å². The van der Waals surface area contributed by atoms with Crippen LogP contribution >= 0.6 is 0 Å². The van der Waals surface area contributed by atoms with E-state index >= 15 is 0 Å². The Bertz CT molecular complexity index is 1100.